The van der Waals surface area contributed by atoms with Crippen LogP contribution in [0.3, 0.4) is 0 Å². The quantitative estimate of drug-likeness (QED) is 0.479. The van der Waals surface area contributed by atoms with Gasteiger partial charge in [0.05, 0.1) is 17.9 Å². The molecule has 1 saturated heterocycles. The molecule has 33 heavy (non-hydrogen) atoms. The maximum Gasteiger partial charge on any atom is 0.273 e. The van der Waals surface area contributed by atoms with Gasteiger partial charge in [0.15, 0.2) is 0 Å². The number of aromatic nitrogens is 4. The summed E-state index contributed by atoms with van der Waals surface area (Å²) in [6, 6.07) is 9.20. The first-order valence-corrected chi connectivity index (χ1v) is 11.5. The van der Waals surface area contributed by atoms with Gasteiger partial charge in [0.25, 0.3) is 5.91 Å². The number of nitrogens with one attached hydrogen (secondary N) is 2. The monoisotopic (exact) mass is 448 g/mol. The first kappa shape index (κ1) is 22.8. The largest absolute Gasteiger partial charge is 0.492 e. The second-order valence-electron chi connectivity index (χ2n) is 8.41. The molecule has 0 spiro atoms. The molecule has 0 unspecified atom stereocenters. The smallest absolute Gasteiger partial charge is 0.273 e. The number of hydrogen-bond donors (Lipinski definition) is 2. The third-order valence-corrected chi connectivity index (χ3v) is 6.00. The Labute approximate surface area is 194 Å². The first-order valence-electron chi connectivity index (χ1n) is 11.5. The molecular weight excluding hydrogens is 416 g/mol. The lowest BCUT2D eigenvalue weighted by molar-refractivity contribution is 0.102. The Bertz CT molecular complexity index is 1090. The number of allylic oxidation sites excluding steroid dienone is 1. The van der Waals surface area contributed by atoms with Gasteiger partial charge in [-0.25, -0.2) is 0 Å². The molecule has 1 aliphatic rings. The fraction of sp³-hybridized carbons (Fsp3) is 0.400. The van der Waals surface area contributed by atoms with Crippen molar-refractivity contribution in [1.82, 2.24) is 24.9 Å². The van der Waals surface area contributed by atoms with Gasteiger partial charge in [-0.3, -0.25) is 19.5 Å². The van der Waals surface area contributed by atoms with Gasteiger partial charge in [-0.15, -0.1) is 6.58 Å². The third-order valence-electron chi connectivity index (χ3n) is 6.00. The number of amides is 1. The molecule has 1 aliphatic heterocycles. The van der Waals surface area contributed by atoms with Crippen LogP contribution in [0.15, 0.2) is 43.0 Å². The van der Waals surface area contributed by atoms with Crippen molar-refractivity contribution in [2.24, 2.45) is 0 Å². The highest BCUT2D eigenvalue weighted by atomic mass is 16.5. The van der Waals surface area contributed by atoms with Crippen LogP contribution < -0.4 is 10.1 Å². The van der Waals surface area contributed by atoms with Crippen molar-refractivity contribution in [2.75, 3.05) is 31.6 Å². The number of ether oxygens (including phenoxy) is 1. The number of rotatable bonds is 9. The molecule has 2 N–H and O–H groups in total. The molecule has 1 amide bonds. The SMILES string of the molecule is C=CCn1nc(C)c(-c2cc(C(=O)Nc3ccc(OCCN4CCCCC4)cc3)[nH]n2)c1C. The van der Waals surface area contributed by atoms with Gasteiger partial charge in [-0.05, 0) is 70.1 Å². The van der Waals surface area contributed by atoms with Crippen molar-refractivity contribution < 1.29 is 9.53 Å². The Balaban J connectivity index is 1.33. The maximum absolute atomic E-state index is 12.7. The van der Waals surface area contributed by atoms with Crippen LogP contribution in [0.25, 0.3) is 11.3 Å². The van der Waals surface area contributed by atoms with Gasteiger partial charge < -0.3 is 10.1 Å². The van der Waals surface area contributed by atoms with Crippen molar-refractivity contribution >= 4 is 11.6 Å². The van der Waals surface area contributed by atoms with Gasteiger partial charge in [0.2, 0.25) is 0 Å². The standard InChI is InChI=1S/C25H32N6O2/c1-4-12-31-19(3)24(18(2)29-31)22-17-23(28-27-22)25(32)26-20-8-10-21(11-9-20)33-16-15-30-13-6-5-7-14-30/h4,8-11,17H,1,5-7,12-16H2,2-3H3,(H,26,32)(H,27,28). The molecule has 8 heteroatoms. The van der Waals surface area contributed by atoms with Crippen LogP contribution in [0.1, 0.15) is 41.1 Å². The first-order chi connectivity index (χ1) is 16.0. The highest BCUT2D eigenvalue weighted by Gasteiger charge is 2.18. The summed E-state index contributed by atoms with van der Waals surface area (Å²) in [5.74, 6) is 0.553. The van der Waals surface area contributed by atoms with E-state index in [9.17, 15) is 4.79 Å². The third kappa shape index (κ3) is 5.51. The number of hydrogen-bond acceptors (Lipinski definition) is 5. The highest BCUT2D eigenvalue weighted by molar-refractivity contribution is 6.03. The summed E-state index contributed by atoms with van der Waals surface area (Å²) in [5, 5.41) is 14.6. The molecule has 0 atom stereocenters. The molecule has 2 aromatic heterocycles. The Morgan fingerprint density at radius 2 is 1.97 bits per heavy atom. The van der Waals surface area contributed by atoms with E-state index in [2.05, 4.69) is 32.1 Å². The minimum Gasteiger partial charge on any atom is -0.492 e. The summed E-state index contributed by atoms with van der Waals surface area (Å²) in [6.45, 7) is 12.3. The normalized spacial score (nSPS) is 14.2. The summed E-state index contributed by atoms with van der Waals surface area (Å²) >= 11 is 0. The molecular formula is C25H32N6O2. The van der Waals surface area contributed by atoms with Gasteiger partial charge in [0.1, 0.15) is 18.1 Å². The Morgan fingerprint density at radius 3 is 2.70 bits per heavy atom. The predicted octanol–water partition coefficient (Wildman–Crippen LogP) is 4.19. The van der Waals surface area contributed by atoms with E-state index in [0.29, 0.717) is 30.2 Å². The second-order valence-corrected chi connectivity index (χ2v) is 8.41. The number of nitrogens with zero attached hydrogens (tertiary/aromatic N) is 4. The average Bonchev–Trinajstić information content (AvgIpc) is 3.40. The van der Waals surface area contributed by atoms with Crippen molar-refractivity contribution in [3.05, 3.63) is 60.1 Å². The number of H-pyrrole nitrogens is 1. The number of aryl methyl sites for hydroxylation is 1. The lowest BCUT2D eigenvalue weighted by Gasteiger charge is -2.26. The number of benzene rings is 1. The van der Waals surface area contributed by atoms with Gasteiger partial charge in [0, 0.05) is 23.5 Å². The topological polar surface area (TPSA) is 88.1 Å². The summed E-state index contributed by atoms with van der Waals surface area (Å²) in [5.41, 5.74) is 4.57. The van der Waals surface area contributed by atoms with E-state index >= 15 is 0 Å². The molecule has 0 aliphatic carbocycles. The molecule has 4 rings (SSSR count). The van der Waals surface area contributed by atoms with Gasteiger partial charge in [-0.2, -0.15) is 10.2 Å². The lowest BCUT2D eigenvalue weighted by Crippen LogP contribution is -2.33. The van der Waals surface area contributed by atoms with Crippen LogP contribution in [0.4, 0.5) is 5.69 Å². The molecule has 3 heterocycles. The van der Waals surface area contributed by atoms with E-state index < -0.39 is 0 Å². The Hall–Kier alpha value is -3.39. The number of aromatic amines is 1. The summed E-state index contributed by atoms with van der Waals surface area (Å²) < 4.78 is 7.74. The summed E-state index contributed by atoms with van der Waals surface area (Å²) in [6.07, 6.45) is 5.70. The van der Waals surface area contributed by atoms with E-state index in [1.54, 1.807) is 12.1 Å². The molecule has 0 radical (unpaired) electrons. The minimum atomic E-state index is -0.249. The van der Waals surface area contributed by atoms with Crippen molar-refractivity contribution in [1.29, 1.82) is 0 Å². The number of carbonyl (C=O) groups excluding carboxylic acids is 1. The zero-order valence-corrected chi connectivity index (χ0v) is 19.4. The summed E-state index contributed by atoms with van der Waals surface area (Å²) in [4.78, 5) is 15.2. The number of likely N-dealkylation sites (tertiary alicyclic amines) is 1. The predicted molar refractivity (Wildman–Crippen MR) is 130 cm³/mol. The fourth-order valence-corrected chi connectivity index (χ4v) is 4.24. The van der Waals surface area contributed by atoms with Gasteiger partial charge >= 0.3 is 0 Å². The average molecular weight is 449 g/mol. The highest BCUT2D eigenvalue weighted by Crippen LogP contribution is 2.26. The zero-order chi connectivity index (χ0) is 23.2. The van der Waals surface area contributed by atoms with Crippen LogP contribution in [0, 0.1) is 13.8 Å². The number of anilines is 1. The van der Waals surface area contributed by atoms with Crippen molar-refractivity contribution in [3.8, 4) is 17.0 Å². The lowest BCUT2D eigenvalue weighted by atomic mass is 10.1. The van der Waals surface area contributed by atoms with Crippen LogP contribution in [0.2, 0.25) is 0 Å². The Morgan fingerprint density at radius 1 is 1.21 bits per heavy atom. The zero-order valence-electron chi connectivity index (χ0n) is 19.4. The molecule has 3 aromatic rings. The van der Waals surface area contributed by atoms with Gasteiger partial charge in [-0.1, -0.05) is 12.5 Å². The van der Waals surface area contributed by atoms with E-state index in [1.165, 1.54) is 32.4 Å². The van der Waals surface area contributed by atoms with E-state index in [-0.39, 0.29) is 5.91 Å². The molecule has 0 saturated carbocycles. The second kappa shape index (κ2) is 10.5. The van der Waals surface area contributed by atoms with E-state index in [0.717, 1.165) is 29.2 Å². The minimum absolute atomic E-state index is 0.249. The van der Waals surface area contributed by atoms with E-state index in [1.807, 2.05) is 42.8 Å². The fourth-order valence-electron chi connectivity index (χ4n) is 4.24. The maximum atomic E-state index is 12.7. The van der Waals surface area contributed by atoms with Crippen LogP contribution in [0.5, 0.6) is 5.75 Å². The van der Waals surface area contributed by atoms with E-state index in [4.69, 9.17) is 4.74 Å². The number of piperidine rings is 1. The van der Waals surface area contributed by atoms with Crippen molar-refractivity contribution in [2.45, 2.75) is 39.7 Å². The molecule has 8 nitrogen and oxygen atoms in total. The van der Waals surface area contributed by atoms with Crippen LogP contribution in [-0.2, 0) is 6.54 Å². The molecule has 0 bridgehead atoms. The molecule has 1 aromatic carbocycles. The number of carbonyl (C=O) groups is 1. The van der Waals surface area contributed by atoms with Crippen molar-refractivity contribution in [3.63, 3.8) is 0 Å². The molecule has 174 valence electrons. The molecule has 1 fully saturated rings. The summed E-state index contributed by atoms with van der Waals surface area (Å²) in [7, 11) is 0. The Kier molecular flexibility index (Phi) is 7.24. The van der Waals surface area contributed by atoms with Crippen LogP contribution >= 0.6 is 0 Å². The van der Waals surface area contributed by atoms with Crippen LogP contribution in [-0.4, -0.2) is 57.0 Å².